The molecule has 23 heavy (non-hydrogen) atoms. The number of aliphatic carboxylic acids is 1. The van der Waals surface area contributed by atoms with Gasteiger partial charge in [0, 0.05) is 11.8 Å². The van der Waals surface area contributed by atoms with Crippen LogP contribution in [0.4, 0.5) is 0 Å². The normalized spacial score (nSPS) is 11.1. The maximum atomic E-state index is 10.6. The van der Waals surface area contributed by atoms with E-state index < -0.39 is 5.97 Å². The Morgan fingerprint density at radius 3 is 2.83 bits per heavy atom. The molecule has 0 radical (unpaired) electrons. The number of fused-ring (bicyclic) bond motifs is 3. The van der Waals surface area contributed by atoms with Gasteiger partial charge in [0.15, 0.2) is 11.6 Å². The quantitative estimate of drug-likeness (QED) is 0.622. The van der Waals surface area contributed by atoms with Gasteiger partial charge in [-0.1, -0.05) is 41.7 Å². The highest BCUT2D eigenvalue weighted by molar-refractivity contribution is 7.23. The Labute approximate surface area is 135 Å². The number of hydrogen-bond acceptors (Lipinski definition) is 4. The molecule has 2 heterocycles. The Morgan fingerprint density at radius 1 is 1.22 bits per heavy atom. The van der Waals surface area contributed by atoms with Gasteiger partial charge < -0.3 is 9.84 Å². The smallest absolute Gasteiger partial charge is 0.341 e. The Hall–Kier alpha value is -2.86. The van der Waals surface area contributed by atoms with E-state index in [0.717, 1.165) is 26.4 Å². The van der Waals surface area contributed by atoms with Crippen molar-refractivity contribution in [3.8, 4) is 17.0 Å². The molecular formula is C17H12N2O3S. The molecule has 0 spiro atoms. The molecular weight excluding hydrogens is 312 g/mol. The first kappa shape index (κ1) is 13.8. The van der Waals surface area contributed by atoms with Gasteiger partial charge in [-0.3, -0.25) is 4.40 Å². The van der Waals surface area contributed by atoms with Crippen LogP contribution in [-0.4, -0.2) is 27.1 Å². The molecule has 0 unspecified atom stereocenters. The molecule has 0 aliphatic heterocycles. The van der Waals surface area contributed by atoms with E-state index in [2.05, 4.69) is 4.98 Å². The summed E-state index contributed by atoms with van der Waals surface area (Å²) in [4.78, 5) is 16.1. The Kier molecular flexibility index (Phi) is 3.24. The summed E-state index contributed by atoms with van der Waals surface area (Å²) in [5.41, 5.74) is 3.05. The molecule has 0 amide bonds. The minimum atomic E-state index is -0.987. The number of carboxylic acids is 1. The maximum Gasteiger partial charge on any atom is 0.341 e. The minimum absolute atomic E-state index is 0.341. The van der Waals surface area contributed by atoms with Gasteiger partial charge in [0.05, 0.1) is 15.9 Å². The molecule has 0 saturated heterocycles. The van der Waals surface area contributed by atoms with Crippen molar-refractivity contribution in [3.05, 3.63) is 54.7 Å². The predicted octanol–water partition coefficient (Wildman–Crippen LogP) is 3.68. The fraction of sp³-hybridized carbons (Fsp3) is 0.0588. The van der Waals surface area contributed by atoms with Crippen LogP contribution in [0.3, 0.4) is 0 Å². The first-order valence-electron chi connectivity index (χ1n) is 7.02. The summed E-state index contributed by atoms with van der Waals surface area (Å²) in [6.45, 7) is -0.341. The molecule has 0 aliphatic rings. The van der Waals surface area contributed by atoms with E-state index in [1.54, 1.807) is 17.4 Å². The standard InChI is InChI=1S/C17H12N2O3S/c20-16(21)10-22-12-6-7-14-15(8-12)23-17-18-13(9-19(14)17)11-4-2-1-3-5-11/h1-9H,10H2,(H,20,21). The van der Waals surface area contributed by atoms with Crippen molar-refractivity contribution in [2.75, 3.05) is 6.61 Å². The number of carboxylic acid groups (broad SMARTS) is 1. The Bertz CT molecular complexity index is 1000. The molecule has 2 aromatic carbocycles. The molecule has 0 bridgehead atoms. The maximum absolute atomic E-state index is 10.6. The van der Waals surface area contributed by atoms with Crippen molar-refractivity contribution in [1.82, 2.24) is 9.38 Å². The van der Waals surface area contributed by atoms with Crippen LogP contribution in [0.15, 0.2) is 54.7 Å². The molecule has 6 heteroatoms. The van der Waals surface area contributed by atoms with Gasteiger partial charge in [-0.05, 0) is 18.2 Å². The zero-order valence-electron chi connectivity index (χ0n) is 12.0. The lowest BCUT2D eigenvalue weighted by molar-refractivity contribution is -0.139. The highest BCUT2D eigenvalue weighted by Gasteiger charge is 2.11. The number of hydrogen-bond donors (Lipinski definition) is 1. The third-order valence-electron chi connectivity index (χ3n) is 3.50. The van der Waals surface area contributed by atoms with Crippen molar-refractivity contribution >= 4 is 32.5 Å². The van der Waals surface area contributed by atoms with Crippen molar-refractivity contribution < 1.29 is 14.6 Å². The second-order valence-corrected chi connectivity index (χ2v) is 6.07. The van der Waals surface area contributed by atoms with E-state index in [-0.39, 0.29) is 6.61 Å². The molecule has 0 fully saturated rings. The number of nitrogens with zero attached hydrogens (tertiary/aromatic N) is 2. The Morgan fingerprint density at radius 2 is 2.04 bits per heavy atom. The van der Waals surface area contributed by atoms with Crippen LogP contribution < -0.4 is 4.74 Å². The third-order valence-corrected chi connectivity index (χ3v) is 4.51. The van der Waals surface area contributed by atoms with Crippen molar-refractivity contribution in [1.29, 1.82) is 0 Å². The molecule has 0 aliphatic carbocycles. The second kappa shape index (κ2) is 5.40. The summed E-state index contributed by atoms with van der Waals surface area (Å²) in [6.07, 6.45) is 2.02. The topological polar surface area (TPSA) is 63.8 Å². The monoisotopic (exact) mass is 324 g/mol. The van der Waals surface area contributed by atoms with E-state index in [1.807, 2.05) is 53.1 Å². The number of imidazole rings is 1. The van der Waals surface area contributed by atoms with Gasteiger partial charge in [-0.25, -0.2) is 9.78 Å². The summed E-state index contributed by atoms with van der Waals surface area (Å²) in [6, 6.07) is 15.6. The SMILES string of the molecule is O=C(O)COc1ccc2c(c1)sc1nc(-c3ccccc3)cn12. The zero-order chi connectivity index (χ0) is 15.8. The summed E-state index contributed by atoms with van der Waals surface area (Å²) in [5.74, 6) is -0.439. The average Bonchev–Trinajstić information content (AvgIpc) is 3.11. The highest BCUT2D eigenvalue weighted by atomic mass is 32.1. The van der Waals surface area contributed by atoms with Gasteiger partial charge in [0.2, 0.25) is 0 Å². The lowest BCUT2D eigenvalue weighted by Gasteiger charge is -2.02. The zero-order valence-corrected chi connectivity index (χ0v) is 12.8. The van der Waals surface area contributed by atoms with Crippen LogP contribution in [0.5, 0.6) is 5.75 Å². The van der Waals surface area contributed by atoms with Crippen LogP contribution in [0.2, 0.25) is 0 Å². The fourth-order valence-corrected chi connectivity index (χ4v) is 3.50. The summed E-state index contributed by atoms with van der Waals surface area (Å²) in [5, 5.41) is 8.67. The van der Waals surface area contributed by atoms with Crippen LogP contribution in [0.1, 0.15) is 0 Å². The first-order valence-corrected chi connectivity index (χ1v) is 7.84. The van der Waals surface area contributed by atoms with E-state index in [4.69, 9.17) is 9.84 Å². The molecule has 114 valence electrons. The molecule has 1 N–H and O–H groups in total. The van der Waals surface area contributed by atoms with Crippen molar-refractivity contribution in [3.63, 3.8) is 0 Å². The van der Waals surface area contributed by atoms with Gasteiger partial charge in [0.25, 0.3) is 0 Å². The molecule has 2 aromatic heterocycles. The second-order valence-electron chi connectivity index (χ2n) is 5.06. The third kappa shape index (κ3) is 2.53. The molecule has 4 rings (SSSR count). The number of benzene rings is 2. The fourth-order valence-electron chi connectivity index (χ4n) is 2.46. The molecule has 0 atom stereocenters. The van der Waals surface area contributed by atoms with Crippen LogP contribution in [-0.2, 0) is 4.79 Å². The molecule has 0 saturated carbocycles. The molecule has 4 aromatic rings. The number of thiazole rings is 1. The van der Waals surface area contributed by atoms with Crippen LogP contribution in [0.25, 0.3) is 26.4 Å². The highest BCUT2D eigenvalue weighted by Crippen LogP contribution is 2.31. The van der Waals surface area contributed by atoms with Gasteiger partial charge in [0.1, 0.15) is 5.75 Å². The van der Waals surface area contributed by atoms with Crippen LogP contribution >= 0.6 is 11.3 Å². The minimum Gasteiger partial charge on any atom is -0.482 e. The number of aromatic nitrogens is 2. The van der Waals surface area contributed by atoms with Gasteiger partial charge in [-0.15, -0.1) is 0 Å². The van der Waals surface area contributed by atoms with Gasteiger partial charge in [-0.2, -0.15) is 0 Å². The largest absolute Gasteiger partial charge is 0.482 e. The number of ether oxygens (including phenoxy) is 1. The van der Waals surface area contributed by atoms with E-state index in [9.17, 15) is 4.79 Å². The molecule has 5 nitrogen and oxygen atoms in total. The lowest BCUT2D eigenvalue weighted by atomic mass is 10.2. The van der Waals surface area contributed by atoms with Crippen LogP contribution in [0, 0.1) is 0 Å². The van der Waals surface area contributed by atoms with Crippen molar-refractivity contribution in [2.45, 2.75) is 0 Å². The van der Waals surface area contributed by atoms with E-state index in [1.165, 1.54) is 0 Å². The Balaban J connectivity index is 1.75. The summed E-state index contributed by atoms with van der Waals surface area (Å²) < 4.78 is 8.27. The average molecular weight is 324 g/mol. The predicted molar refractivity (Wildman–Crippen MR) is 89.1 cm³/mol. The number of rotatable bonds is 4. The van der Waals surface area contributed by atoms with E-state index >= 15 is 0 Å². The summed E-state index contributed by atoms with van der Waals surface area (Å²) >= 11 is 1.55. The lowest BCUT2D eigenvalue weighted by Crippen LogP contribution is -2.09. The summed E-state index contributed by atoms with van der Waals surface area (Å²) in [7, 11) is 0. The van der Waals surface area contributed by atoms with Gasteiger partial charge >= 0.3 is 5.97 Å². The van der Waals surface area contributed by atoms with Crippen molar-refractivity contribution in [2.24, 2.45) is 0 Å². The number of carbonyl (C=O) groups is 1. The first-order chi connectivity index (χ1) is 11.2. The van der Waals surface area contributed by atoms with E-state index in [0.29, 0.717) is 5.75 Å².